The molecule has 1 fully saturated rings. The Balaban J connectivity index is 1.87. The Bertz CT molecular complexity index is 507. The summed E-state index contributed by atoms with van der Waals surface area (Å²) in [7, 11) is 0. The molecule has 2 rings (SSSR count). The Hall–Kier alpha value is -1.75. The number of ether oxygens (including phenoxy) is 1. The van der Waals surface area contributed by atoms with Gasteiger partial charge in [-0.1, -0.05) is 37.1 Å². The van der Waals surface area contributed by atoms with E-state index in [-0.39, 0.29) is 25.1 Å². The number of hydrogen-bond donors (Lipinski definition) is 1. The van der Waals surface area contributed by atoms with Crippen molar-refractivity contribution >= 4 is 23.5 Å². The molecule has 0 radical (unpaired) electrons. The molecule has 1 aliphatic heterocycles. The van der Waals surface area contributed by atoms with Crippen LogP contribution in [0.3, 0.4) is 0 Å². The van der Waals surface area contributed by atoms with Crippen LogP contribution >= 0.6 is 11.6 Å². The SMILES string of the molecule is CCCC1NC(=O)N(CCOc2ccccc2Cl)C1=O. The van der Waals surface area contributed by atoms with E-state index in [0.29, 0.717) is 17.2 Å². The Labute approximate surface area is 122 Å². The smallest absolute Gasteiger partial charge is 0.324 e. The molecule has 3 amide bonds. The van der Waals surface area contributed by atoms with Crippen molar-refractivity contribution in [2.75, 3.05) is 13.2 Å². The second kappa shape index (κ2) is 6.61. The van der Waals surface area contributed by atoms with E-state index in [1.807, 2.05) is 19.1 Å². The molecule has 0 spiro atoms. The van der Waals surface area contributed by atoms with Crippen LogP contribution in [0.15, 0.2) is 24.3 Å². The van der Waals surface area contributed by atoms with Gasteiger partial charge in [-0.2, -0.15) is 0 Å². The lowest BCUT2D eigenvalue weighted by Gasteiger charge is -2.14. The van der Waals surface area contributed by atoms with Crippen LogP contribution in [0, 0.1) is 0 Å². The second-order valence-corrected chi connectivity index (χ2v) is 4.97. The number of halogens is 1. The van der Waals surface area contributed by atoms with E-state index in [9.17, 15) is 9.59 Å². The monoisotopic (exact) mass is 296 g/mol. The van der Waals surface area contributed by atoms with Gasteiger partial charge in [-0.3, -0.25) is 9.69 Å². The van der Waals surface area contributed by atoms with Gasteiger partial charge in [0, 0.05) is 0 Å². The highest BCUT2D eigenvalue weighted by Gasteiger charge is 2.36. The van der Waals surface area contributed by atoms with Crippen LogP contribution in [0.25, 0.3) is 0 Å². The zero-order valence-corrected chi connectivity index (χ0v) is 12.0. The number of nitrogens with one attached hydrogen (secondary N) is 1. The van der Waals surface area contributed by atoms with Crippen molar-refractivity contribution in [2.45, 2.75) is 25.8 Å². The minimum atomic E-state index is -0.396. The fraction of sp³-hybridized carbons (Fsp3) is 0.429. The third kappa shape index (κ3) is 3.22. The van der Waals surface area contributed by atoms with Crippen molar-refractivity contribution in [3.8, 4) is 5.75 Å². The van der Waals surface area contributed by atoms with Crippen LogP contribution in [0.2, 0.25) is 5.02 Å². The number of para-hydroxylation sites is 1. The van der Waals surface area contributed by atoms with Crippen LogP contribution in [0.5, 0.6) is 5.75 Å². The van der Waals surface area contributed by atoms with E-state index >= 15 is 0 Å². The summed E-state index contributed by atoms with van der Waals surface area (Å²) in [6.07, 6.45) is 1.51. The zero-order chi connectivity index (χ0) is 14.5. The Kier molecular flexibility index (Phi) is 4.84. The average Bonchev–Trinajstić information content (AvgIpc) is 2.69. The molecule has 0 aliphatic carbocycles. The predicted molar refractivity (Wildman–Crippen MR) is 75.9 cm³/mol. The van der Waals surface area contributed by atoms with Crippen LogP contribution in [-0.2, 0) is 4.79 Å². The molecule has 1 aliphatic rings. The first-order chi connectivity index (χ1) is 9.63. The van der Waals surface area contributed by atoms with Gasteiger partial charge < -0.3 is 10.1 Å². The van der Waals surface area contributed by atoms with Crippen molar-refractivity contribution in [3.05, 3.63) is 29.3 Å². The average molecular weight is 297 g/mol. The molecule has 1 aromatic carbocycles. The number of imide groups is 1. The van der Waals surface area contributed by atoms with Gasteiger partial charge in [-0.15, -0.1) is 0 Å². The maximum atomic E-state index is 12.0. The molecule has 0 bridgehead atoms. The van der Waals surface area contributed by atoms with E-state index < -0.39 is 6.04 Å². The van der Waals surface area contributed by atoms with Crippen molar-refractivity contribution in [3.63, 3.8) is 0 Å². The van der Waals surface area contributed by atoms with Gasteiger partial charge in [0.05, 0.1) is 11.6 Å². The summed E-state index contributed by atoms with van der Waals surface area (Å²) in [5.41, 5.74) is 0. The first kappa shape index (κ1) is 14.7. The third-order valence-electron chi connectivity index (χ3n) is 3.09. The summed E-state index contributed by atoms with van der Waals surface area (Å²) in [6, 6.07) is 6.34. The molecule has 20 heavy (non-hydrogen) atoms. The van der Waals surface area contributed by atoms with Crippen molar-refractivity contribution in [2.24, 2.45) is 0 Å². The first-order valence-electron chi connectivity index (χ1n) is 6.62. The molecule has 0 saturated carbocycles. The maximum Gasteiger partial charge on any atom is 0.324 e. The van der Waals surface area contributed by atoms with Gasteiger partial charge in [-0.25, -0.2) is 4.79 Å². The lowest BCUT2D eigenvalue weighted by Crippen LogP contribution is -2.35. The van der Waals surface area contributed by atoms with E-state index in [0.717, 1.165) is 6.42 Å². The largest absolute Gasteiger partial charge is 0.490 e. The summed E-state index contributed by atoms with van der Waals surface area (Å²) in [6.45, 7) is 2.42. The number of amides is 3. The molecule has 0 aromatic heterocycles. The predicted octanol–water partition coefficient (Wildman–Crippen LogP) is 2.44. The van der Waals surface area contributed by atoms with E-state index in [2.05, 4.69) is 5.32 Å². The Morgan fingerprint density at radius 2 is 2.10 bits per heavy atom. The van der Waals surface area contributed by atoms with Gasteiger partial charge in [0.15, 0.2) is 0 Å². The standard InChI is InChI=1S/C14H17ClN2O3/c1-2-5-11-13(18)17(14(19)16-11)8-9-20-12-7-4-3-6-10(12)15/h3-4,6-7,11H,2,5,8-9H2,1H3,(H,16,19). The summed E-state index contributed by atoms with van der Waals surface area (Å²) >= 11 is 5.96. The molecule has 6 heteroatoms. The highest BCUT2D eigenvalue weighted by molar-refractivity contribution is 6.32. The summed E-state index contributed by atoms with van der Waals surface area (Å²) in [5, 5.41) is 3.18. The molecule has 5 nitrogen and oxygen atoms in total. The molecule has 1 unspecified atom stereocenters. The number of rotatable bonds is 6. The molecule has 1 aromatic rings. The lowest BCUT2D eigenvalue weighted by atomic mass is 10.2. The summed E-state index contributed by atoms with van der Waals surface area (Å²) in [5.74, 6) is 0.367. The summed E-state index contributed by atoms with van der Waals surface area (Å²) in [4.78, 5) is 24.9. The molecule has 1 N–H and O–H groups in total. The Morgan fingerprint density at radius 3 is 2.80 bits per heavy atom. The zero-order valence-electron chi connectivity index (χ0n) is 11.3. The highest BCUT2D eigenvalue weighted by atomic mass is 35.5. The maximum absolute atomic E-state index is 12.0. The van der Waals surface area contributed by atoms with Crippen LogP contribution in [-0.4, -0.2) is 36.0 Å². The fourth-order valence-corrected chi connectivity index (χ4v) is 2.27. The summed E-state index contributed by atoms with van der Waals surface area (Å²) < 4.78 is 5.48. The fourth-order valence-electron chi connectivity index (χ4n) is 2.08. The Morgan fingerprint density at radius 1 is 1.35 bits per heavy atom. The number of carbonyl (C=O) groups is 2. The van der Waals surface area contributed by atoms with Gasteiger partial charge >= 0.3 is 6.03 Å². The normalized spacial score (nSPS) is 18.3. The topological polar surface area (TPSA) is 58.6 Å². The lowest BCUT2D eigenvalue weighted by molar-refractivity contribution is -0.127. The van der Waals surface area contributed by atoms with Crippen molar-refractivity contribution in [1.29, 1.82) is 0 Å². The second-order valence-electron chi connectivity index (χ2n) is 4.56. The molecular formula is C14H17ClN2O3. The molecule has 1 atom stereocenters. The van der Waals surface area contributed by atoms with E-state index in [4.69, 9.17) is 16.3 Å². The highest BCUT2D eigenvalue weighted by Crippen LogP contribution is 2.23. The van der Waals surface area contributed by atoms with Gasteiger partial charge in [-0.05, 0) is 18.6 Å². The van der Waals surface area contributed by atoms with Gasteiger partial charge in [0.25, 0.3) is 5.91 Å². The van der Waals surface area contributed by atoms with Crippen molar-refractivity contribution in [1.82, 2.24) is 10.2 Å². The minimum absolute atomic E-state index is 0.181. The third-order valence-corrected chi connectivity index (χ3v) is 3.41. The number of hydrogen-bond acceptors (Lipinski definition) is 3. The molecule has 1 heterocycles. The van der Waals surface area contributed by atoms with Crippen LogP contribution in [0.4, 0.5) is 4.79 Å². The number of nitrogens with zero attached hydrogens (tertiary/aromatic N) is 1. The molecule has 108 valence electrons. The molecular weight excluding hydrogens is 280 g/mol. The number of carbonyl (C=O) groups excluding carboxylic acids is 2. The molecule has 1 saturated heterocycles. The quantitative estimate of drug-likeness (QED) is 0.820. The first-order valence-corrected chi connectivity index (χ1v) is 7.00. The van der Waals surface area contributed by atoms with Crippen LogP contribution < -0.4 is 10.1 Å². The van der Waals surface area contributed by atoms with Crippen LogP contribution in [0.1, 0.15) is 19.8 Å². The van der Waals surface area contributed by atoms with Crippen molar-refractivity contribution < 1.29 is 14.3 Å². The van der Waals surface area contributed by atoms with Gasteiger partial charge in [0.1, 0.15) is 18.4 Å². The van der Waals surface area contributed by atoms with E-state index in [1.165, 1.54) is 4.90 Å². The van der Waals surface area contributed by atoms with E-state index in [1.54, 1.807) is 12.1 Å². The minimum Gasteiger partial charge on any atom is -0.490 e. The van der Waals surface area contributed by atoms with Gasteiger partial charge in [0.2, 0.25) is 0 Å². The number of benzene rings is 1. The number of urea groups is 1.